The van der Waals surface area contributed by atoms with Crippen molar-refractivity contribution in [2.24, 2.45) is 5.41 Å². The number of fused-ring (bicyclic) bond motifs is 1. The molecule has 4 rings (SSSR count). The SMILES string of the molecule is CC(OC(=O)N1CCC2(CCc3cc(-c4ccc(CS(=O)(=O)CC(C)(C)CO)cn4)ccc3O2)CC1)C(F)(F)F. The first-order valence-electron chi connectivity index (χ1n) is 13.2. The van der Waals surface area contributed by atoms with Crippen molar-refractivity contribution >= 4 is 15.9 Å². The van der Waals surface area contributed by atoms with Gasteiger partial charge >= 0.3 is 12.3 Å². The van der Waals surface area contributed by atoms with E-state index >= 15 is 0 Å². The minimum atomic E-state index is -4.60. The first-order valence-corrected chi connectivity index (χ1v) is 15.0. The van der Waals surface area contributed by atoms with Crippen LogP contribution >= 0.6 is 0 Å². The van der Waals surface area contributed by atoms with Gasteiger partial charge in [0, 0.05) is 49.7 Å². The van der Waals surface area contributed by atoms with Gasteiger partial charge in [0.2, 0.25) is 0 Å². The van der Waals surface area contributed by atoms with Gasteiger partial charge in [0.25, 0.3) is 0 Å². The topological polar surface area (TPSA) is 106 Å². The van der Waals surface area contributed by atoms with Crippen molar-refractivity contribution < 1.29 is 41.0 Å². The maximum Gasteiger partial charge on any atom is 0.425 e. The number of aliphatic hydroxyl groups excluding tert-OH is 1. The fourth-order valence-electron chi connectivity index (χ4n) is 5.05. The molecule has 0 aliphatic carbocycles. The summed E-state index contributed by atoms with van der Waals surface area (Å²) in [5.41, 5.74) is 1.93. The zero-order valence-corrected chi connectivity index (χ0v) is 23.6. The summed E-state index contributed by atoms with van der Waals surface area (Å²) in [5.74, 6) is 0.454. The van der Waals surface area contributed by atoms with Crippen molar-refractivity contribution in [3.8, 4) is 17.0 Å². The van der Waals surface area contributed by atoms with Crippen LogP contribution in [0.1, 0.15) is 51.2 Å². The molecule has 12 heteroatoms. The van der Waals surface area contributed by atoms with Gasteiger partial charge in [-0.2, -0.15) is 13.2 Å². The molecule has 1 N–H and O–H groups in total. The number of aromatic nitrogens is 1. The summed E-state index contributed by atoms with van der Waals surface area (Å²) < 4.78 is 74.2. The number of sulfone groups is 1. The van der Waals surface area contributed by atoms with E-state index in [1.54, 1.807) is 32.2 Å². The summed E-state index contributed by atoms with van der Waals surface area (Å²) in [7, 11) is -3.42. The second-order valence-electron chi connectivity index (χ2n) is 11.6. The monoisotopic (exact) mass is 584 g/mol. The second kappa shape index (κ2) is 11.2. The number of aryl methyl sites for hydroxylation is 1. The number of ether oxygens (including phenoxy) is 2. The Kier molecular flexibility index (Phi) is 8.43. The standard InChI is InChI=1S/C28H35F3N2O6S/c1-19(28(29,30)31)38-25(35)33-12-10-27(11-13-33)9-8-22-14-21(5-7-24(22)39-27)23-6-4-20(15-32-23)16-40(36,37)18-26(2,3)17-34/h4-7,14-15,19,34H,8-13,16-18H2,1-3H3. The summed E-state index contributed by atoms with van der Waals surface area (Å²) >= 11 is 0. The highest BCUT2D eigenvalue weighted by molar-refractivity contribution is 7.90. The Balaban J connectivity index is 1.36. The molecule has 1 spiro atoms. The van der Waals surface area contributed by atoms with E-state index in [0.29, 0.717) is 30.5 Å². The van der Waals surface area contributed by atoms with Crippen LogP contribution in [0, 0.1) is 5.41 Å². The number of likely N-dealkylation sites (tertiary alicyclic amines) is 1. The molecule has 2 aliphatic heterocycles. The van der Waals surface area contributed by atoms with Gasteiger partial charge in [-0.15, -0.1) is 0 Å². The van der Waals surface area contributed by atoms with Crippen molar-refractivity contribution in [2.75, 3.05) is 25.4 Å². The maximum atomic E-state index is 12.7. The number of amides is 1. The van der Waals surface area contributed by atoms with Crippen LogP contribution in [0.2, 0.25) is 0 Å². The number of nitrogens with zero attached hydrogens (tertiary/aromatic N) is 2. The van der Waals surface area contributed by atoms with Gasteiger partial charge in [-0.25, -0.2) is 13.2 Å². The van der Waals surface area contributed by atoms with Crippen molar-refractivity contribution in [3.63, 3.8) is 0 Å². The first-order chi connectivity index (χ1) is 18.6. The van der Waals surface area contributed by atoms with Crippen LogP contribution < -0.4 is 4.74 Å². The molecule has 1 aromatic carbocycles. The predicted molar refractivity (Wildman–Crippen MR) is 143 cm³/mol. The Morgan fingerprint density at radius 2 is 1.88 bits per heavy atom. The summed E-state index contributed by atoms with van der Waals surface area (Å²) in [4.78, 5) is 17.9. The lowest BCUT2D eigenvalue weighted by Crippen LogP contribution is -2.52. The molecule has 1 aromatic heterocycles. The molecule has 1 saturated heterocycles. The third-order valence-electron chi connectivity index (χ3n) is 7.45. The second-order valence-corrected chi connectivity index (χ2v) is 13.6. The number of alkyl halides is 3. The van der Waals surface area contributed by atoms with Gasteiger partial charge in [0.1, 0.15) is 11.4 Å². The van der Waals surface area contributed by atoms with E-state index in [9.17, 15) is 31.5 Å². The smallest absolute Gasteiger partial charge is 0.425 e. The van der Waals surface area contributed by atoms with Crippen LogP contribution in [0.25, 0.3) is 11.3 Å². The predicted octanol–water partition coefficient (Wildman–Crippen LogP) is 4.93. The number of aliphatic hydroxyl groups is 1. The van der Waals surface area contributed by atoms with Gasteiger partial charge in [0.15, 0.2) is 15.9 Å². The van der Waals surface area contributed by atoms with Crippen LogP contribution in [0.15, 0.2) is 36.5 Å². The lowest BCUT2D eigenvalue weighted by molar-refractivity contribution is -0.200. The van der Waals surface area contributed by atoms with E-state index in [-0.39, 0.29) is 31.2 Å². The Morgan fingerprint density at radius 3 is 2.48 bits per heavy atom. The molecule has 1 fully saturated rings. The molecule has 3 heterocycles. The van der Waals surface area contributed by atoms with Crippen LogP contribution in [0.4, 0.5) is 18.0 Å². The summed E-state index contributed by atoms with van der Waals surface area (Å²) in [5, 5.41) is 9.39. The van der Waals surface area contributed by atoms with Crippen molar-refractivity contribution in [1.29, 1.82) is 0 Å². The Bertz CT molecular complexity index is 1320. The molecule has 0 bridgehead atoms. The highest BCUT2D eigenvalue weighted by Gasteiger charge is 2.43. The third kappa shape index (κ3) is 7.25. The third-order valence-corrected chi connectivity index (χ3v) is 9.45. The van der Waals surface area contributed by atoms with E-state index in [0.717, 1.165) is 30.2 Å². The van der Waals surface area contributed by atoms with Crippen LogP contribution in [-0.2, 0) is 26.7 Å². The van der Waals surface area contributed by atoms with Crippen molar-refractivity contribution in [2.45, 2.75) is 70.1 Å². The molecule has 0 saturated carbocycles. The Labute approximate surface area is 232 Å². The highest BCUT2D eigenvalue weighted by atomic mass is 32.2. The molecular weight excluding hydrogens is 549 g/mol. The number of hydrogen-bond donors (Lipinski definition) is 1. The van der Waals surface area contributed by atoms with Crippen LogP contribution in [-0.4, -0.2) is 72.8 Å². The highest BCUT2D eigenvalue weighted by Crippen LogP contribution is 2.41. The van der Waals surface area contributed by atoms with Gasteiger partial charge in [-0.1, -0.05) is 19.9 Å². The summed E-state index contributed by atoms with van der Waals surface area (Å²) in [6, 6.07) is 9.27. The number of halogens is 3. The van der Waals surface area contributed by atoms with Crippen LogP contribution in [0.3, 0.4) is 0 Å². The number of hydrogen-bond acceptors (Lipinski definition) is 7. The largest absolute Gasteiger partial charge is 0.487 e. The van der Waals surface area contributed by atoms with Gasteiger partial charge in [-0.3, -0.25) is 4.98 Å². The number of pyridine rings is 1. The summed E-state index contributed by atoms with van der Waals surface area (Å²) in [6.07, 6.45) is -3.75. The average molecular weight is 585 g/mol. The van der Waals surface area contributed by atoms with Crippen molar-refractivity contribution in [3.05, 3.63) is 47.7 Å². The fourth-order valence-corrected chi connectivity index (χ4v) is 7.11. The van der Waals surface area contributed by atoms with Crippen LogP contribution in [0.5, 0.6) is 5.75 Å². The first kappa shape index (κ1) is 30.1. The van der Waals surface area contributed by atoms with E-state index in [1.165, 1.54) is 4.90 Å². The molecule has 1 amide bonds. The van der Waals surface area contributed by atoms with E-state index in [1.807, 2.05) is 18.2 Å². The zero-order chi connectivity index (χ0) is 29.3. The molecule has 220 valence electrons. The van der Waals surface area contributed by atoms with E-state index in [4.69, 9.17) is 4.74 Å². The Hall–Kier alpha value is -2.86. The minimum Gasteiger partial charge on any atom is -0.487 e. The lowest BCUT2D eigenvalue weighted by atomic mass is 9.83. The zero-order valence-electron chi connectivity index (χ0n) is 22.8. The fraction of sp³-hybridized carbons (Fsp3) is 0.571. The van der Waals surface area contributed by atoms with E-state index in [2.05, 4.69) is 9.72 Å². The molecule has 2 aromatic rings. The molecule has 0 radical (unpaired) electrons. The summed E-state index contributed by atoms with van der Waals surface area (Å²) in [6.45, 7) is 4.50. The minimum absolute atomic E-state index is 0.121. The quantitative estimate of drug-likeness (QED) is 0.492. The van der Waals surface area contributed by atoms with Crippen molar-refractivity contribution in [1.82, 2.24) is 9.88 Å². The molecule has 8 nitrogen and oxygen atoms in total. The number of rotatable bonds is 7. The van der Waals surface area contributed by atoms with Gasteiger partial charge in [0.05, 0.1) is 17.2 Å². The molecule has 1 unspecified atom stereocenters. The molecule has 40 heavy (non-hydrogen) atoms. The number of piperidine rings is 1. The molecule has 2 aliphatic rings. The number of carbonyl (C=O) groups is 1. The number of carbonyl (C=O) groups excluding carboxylic acids is 1. The van der Waals surface area contributed by atoms with Gasteiger partial charge < -0.3 is 19.5 Å². The molecule has 1 atom stereocenters. The normalized spacial score (nSPS) is 18.1. The Morgan fingerprint density at radius 1 is 1.18 bits per heavy atom. The number of benzene rings is 1. The van der Waals surface area contributed by atoms with E-state index < -0.39 is 39.2 Å². The van der Waals surface area contributed by atoms with Gasteiger partial charge in [-0.05, 0) is 55.2 Å². The molecular formula is C28H35F3N2O6S. The average Bonchev–Trinajstić information content (AvgIpc) is 2.88. The maximum absolute atomic E-state index is 12.7. The lowest BCUT2D eigenvalue weighted by Gasteiger charge is -2.44.